The topological polar surface area (TPSA) is 86.8 Å². The first-order valence-corrected chi connectivity index (χ1v) is 15.0. The van der Waals surface area contributed by atoms with E-state index in [1.165, 1.54) is 17.0 Å². The van der Waals surface area contributed by atoms with E-state index in [0.717, 1.165) is 22.7 Å². The molecule has 39 heavy (non-hydrogen) atoms. The maximum absolute atomic E-state index is 13.9. The van der Waals surface area contributed by atoms with Gasteiger partial charge in [0.15, 0.2) is 0 Å². The Labute approximate surface area is 236 Å². The lowest BCUT2D eigenvalue weighted by atomic mass is 10.1. The van der Waals surface area contributed by atoms with Gasteiger partial charge in [0.1, 0.15) is 12.6 Å². The summed E-state index contributed by atoms with van der Waals surface area (Å²) < 4.78 is 28.6. The van der Waals surface area contributed by atoms with Gasteiger partial charge in [-0.3, -0.25) is 13.9 Å². The summed E-state index contributed by atoms with van der Waals surface area (Å²) >= 11 is 6.06. The Balaban J connectivity index is 1.96. The quantitative estimate of drug-likeness (QED) is 0.267. The van der Waals surface area contributed by atoms with Crippen molar-refractivity contribution in [1.29, 1.82) is 0 Å². The first kappa shape index (κ1) is 30.2. The van der Waals surface area contributed by atoms with Crippen molar-refractivity contribution in [2.45, 2.75) is 50.5 Å². The van der Waals surface area contributed by atoms with Crippen LogP contribution in [0.2, 0.25) is 5.02 Å². The lowest BCUT2D eigenvalue weighted by Gasteiger charge is -2.33. The molecular formula is C30H36ClN3O4S. The molecule has 2 amide bonds. The lowest BCUT2D eigenvalue weighted by Crippen LogP contribution is -2.53. The predicted octanol–water partition coefficient (Wildman–Crippen LogP) is 5.30. The number of carbonyl (C=O) groups excluding carboxylic acids is 2. The van der Waals surface area contributed by atoms with Crippen molar-refractivity contribution < 1.29 is 18.0 Å². The minimum atomic E-state index is -4.09. The van der Waals surface area contributed by atoms with Crippen LogP contribution < -0.4 is 9.62 Å². The Morgan fingerprint density at radius 1 is 0.897 bits per heavy atom. The second-order valence-corrected chi connectivity index (χ2v) is 11.5. The lowest BCUT2D eigenvalue weighted by molar-refractivity contribution is -0.139. The first-order chi connectivity index (χ1) is 18.8. The van der Waals surface area contributed by atoms with Crippen molar-refractivity contribution in [3.8, 4) is 0 Å². The first-order valence-electron chi connectivity index (χ1n) is 13.2. The van der Waals surface area contributed by atoms with Gasteiger partial charge in [-0.05, 0) is 61.2 Å². The summed E-state index contributed by atoms with van der Waals surface area (Å²) in [5.74, 6) is -0.700. The summed E-state index contributed by atoms with van der Waals surface area (Å²) in [5.41, 5.74) is 1.32. The molecule has 208 valence electrons. The largest absolute Gasteiger partial charge is 0.354 e. The van der Waals surface area contributed by atoms with E-state index in [9.17, 15) is 18.0 Å². The summed E-state index contributed by atoms with van der Waals surface area (Å²) in [6, 6.07) is 23.2. The van der Waals surface area contributed by atoms with E-state index in [1.54, 1.807) is 42.5 Å². The summed E-state index contributed by atoms with van der Waals surface area (Å²) in [4.78, 5) is 28.7. The zero-order valence-electron chi connectivity index (χ0n) is 22.4. The molecule has 0 aliphatic carbocycles. The van der Waals surface area contributed by atoms with Gasteiger partial charge < -0.3 is 10.2 Å². The summed E-state index contributed by atoms with van der Waals surface area (Å²) in [5, 5.41) is 3.38. The number of benzene rings is 3. The highest BCUT2D eigenvalue weighted by Gasteiger charge is 2.33. The van der Waals surface area contributed by atoms with Gasteiger partial charge >= 0.3 is 0 Å². The third kappa shape index (κ3) is 8.31. The number of rotatable bonds is 14. The highest BCUT2D eigenvalue weighted by atomic mass is 35.5. The van der Waals surface area contributed by atoms with E-state index >= 15 is 0 Å². The van der Waals surface area contributed by atoms with E-state index in [-0.39, 0.29) is 17.3 Å². The number of nitrogens with zero attached hydrogens (tertiary/aromatic N) is 2. The van der Waals surface area contributed by atoms with Crippen LogP contribution in [0.3, 0.4) is 0 Å². The van der Waals surface area contributed by atoms with Gasteiger partial charge in [-0.15, -0.1) is 0 Å². The van der Waals surface area contributed by atoms with E-state index in [0.29, 0.717) is 30.1 Å². The van der Waals surface area contributed by atoms with Crippen LogP contribution >= 0.6 is 11.6 Å². The normalized spacial score (nSPS) is 12.0. The fourth-order valence-corrected chi connectivity index (χ4v) is 5.82. The minimum absolute atomic E-state index is 0.0629. The van der Waals surface area contributed by atoms with Crippen LogP contribution in [0.4, 0.5) is 5.69 Å². The summed E-state index contributed by atoms with van der Waals surface area (Å²) in [6.07, 6.45) is 2.68. The summed E-state index contributed by atoms with van der Waals surface area (Å²) in [6.45, 7) is 4.21. The van der Waals surface area contributed by atoms with E-state index < -0.39 is 28.5 Å². The highest BCUT2D eigenvalue weighted by Crippen LogP contribution is 2.26. The molecule has 0 bridgehead atoms. The standard InChI is InChI=1S/C30H36ClN3O4S/c1-3-5-21-32-30(36)28(4-2)33(22-20-24-12-8-6-9-13-24)29(35)23-34(26-18-16-25(31)17-19-26)39(37,38)27-14-10-7-11-15-27/h6-19,28H,3-5,20-23H2,1-2H3,(H,32,36)/t28-/m0/s1. The van der Waals surface area contributed by atoms with E-state index in [4.69, 9.17) is 11.6 Å². The molecule has 0 radical (unpaired) electrons. The van der Waals surface area contributed by atoms with Gasteiger partial charge in [-0.1, -0.05) is 80.4 Å². The number of carbonyl (C=O) groups is 2. The molecule has 3 aromatic rings. The molecule has 1 atom stereocenters. The molecule has 0 saturated heterocycles. The third-order valence-corrected chi connectivity index (χ3v) is 8.46. The molecule has 0 unspecified atom stereocenters. The monoisotopic (exact) mass is 569 g/mol. The Bertz CT molecular complexity index is 1300. The molecule has 3 rings (SSSR count). The molecule has 9 heteroatoms. The SMILES string of the molecule is CCCCNC(=O)[C@H](CC)N(CCc1ccccc1)C(=O)CN(c1ccc(Cl)cc1)S(=O)(=O)c1ccccc1. The van der Waals surface area contributed by atoms with Gasteiger partial charge in [-0.25, -0.2) is 8.42 Å². The number of halogens is 1. The molecule has 1 N–H and O–H groups in total. The molecule has 0 aromatic heterocycles. The number of unbranched alkanes of at least 4 members (excludes halogenated alkanes) is 1. The maximum Gasteiger partial charge on any atom is 0.264 e. The number of hydrogen-bond acceptors (Lipinski definition) is 4. The Morgan fingerprint density at radius 2 is 1.51 bits per heavy atom. The number of nitrogens with one attached hydrogen (secondary N) is 1. The summed E-state index contributed by atoms with van der Waals surface area (Å²) in [7, 11) is -4.09. The zero-order valence-corrected chi connectivity index (χ0v) is 24.0. The van der Waals surface area contributed by atoms with Crippen LogP contribution in [0.25, 0.3) is 0 Å². The number of anilines is 1. The molecule has 0 fully saturated rings. The van der Waals surface area contributed by atoms with E-state index in [2.05, 4.69) is 5.32 Å². The van der Waals surface area contributed by atoms with Crippen molar-refractivity contribution in [1.82, 2.24) is 10.2 Å². The fourth-order valence-electron chi connectivity index (χ4n) is 4.26. The van der Waals surface area contributed by atoms with Crippen molar-refractivity contribution in [3.63, 3.8) is 0 Å². The van der Waals surface area contributed by atoms with Gasteiger partial charge in [0.2, 0.25) is 11.8 Å². The van der Waals surface area contributed by atoms with Crippen molar-refractivity contribution >= 4 is 39.1 Å². The fraction of sp³-hybridized carbons (Fsp3) is 0.333. The van der Waals surface area contributed by atoms with Gasteiger partial charge in [-0.2, -0.15) is 0 Å². The highest BCUT2D eigenvalue weighted by molar-refractivity contribution is 7.92. The van der Waals surface area contributed by atoms with Gasteiger partial charge in [0.25, 0.3) is 10.0 Å². The van der Waals surface area contributed by atoms with Crippen LogP contribution in [0, 0.1) is 0 Å². The maximum atomic E-state index is 13.9. The second kappa shape index (κ2) is 14.7. The number of hydrogen-bond donors (Lipinski definition) is 1. The van der Waals surface area contributed by atoms with E-state index in [1.807, 2.05) is 44.2 Å². The predicted molar refractivity (Wildman–Crippen MR) is 156 cm³/mol. The molecule has 0 spiro atoms. The number of sulfonamides is 1. The molecule has 0 aliphatic rings. The van der Waals surface area contributed by atoms with Crippen LogP contribution in [0.1, 0.15) is 38.7 Å². The van der Waals surface area contributed by atoms with Crippen molar-refractivity contribution in [3.05, 3.63) is 95.5 Å². The average molecular weight is 570 g/mol. The van der Waals surface area contributed by atoms with Gasteiger partial charge in [0.05, 0.1) is 10.6 Å². The Hall–Kier alpha value is -3.36. The molecule has 0 saturated carbocycles. The molecule has 0 heterocycles. The minimum Gasteiger partial charge on any atom is -0.354 e. The van der Waals surface area contributed by atoms with Gasteiger partial charge in [0, 0.05) is 18.1 Å². The molecule has 0 aliphatic heterocycles. The van der Waals surface area contributed by atoms with Crippen LogP contribution in [0.15, 0.2) is 89.8 Å². The third-order valence-electron chi connectivity index (χ3n) is 6.42. The van der Waals surface area contributed by atoms with Crippen LogP contribution in [-0.4, -0.2) is 50.8 Å². The Kier molecular flexibility index (Phi) is 11.4. The average Bonchev–Trinajstić information content (AvgIpc) is 2.95. The molecule has 3 aromatic carbocycles. The molecule has 7 nitrogen and oxygen atoms in total. The van der Waals surface area contributed by atoms with Crippen molar-refractivity contribution in [2.75, 3.05) is 23.9 Å². The van der Waals surface area contributed by atoms with Crippen LogP contribution in [-0.2, 0) is 26.0 Å². The number of amides is 2. The second-order valence-electron chi connectivity index (χ2n) is 9.19. The van der Waals surface area contributed by atoms with Crippen molar-refractivity contribution in [2.24, 2.45) is 0 Å². The zero-order chi connectivity index (χ0) is 28.3. The Morgan fingerprint density at radius 3 is 2.10 bits per heavy atom. The van der Waals surface area contributed by atoms with Crippen LogP contribution in [0.5, 0.6) is 0 Å². The smallest absolute Gasteiger partial charge is 0.264 e. The molecular weight excluding hydrogens is 534 g/mol.